The van der Waals surface area contributed by atoms with Gasteiger partial charge in [-0.1, -0.05) is 11.8 Å². The summed E-state index contributed by atoms with van der Waals surface area (Å²) < 4.78 is 5.52. The second-order valence-electron chi connectivity index (χ2n) is 5.88. The summed E-state index contributed by atoms with van der Waals surface area (Å²) in [5, 5.41) is 2.86. The van der Waals surface area contributed by atoms with Gasteiger partial charge in [-0.15, -0.1) is 0 Å². The highest BCUT2D eigenvalue weighted by atomic mass is 16.5. The number of carbonyl (C=O) groups excluding carboxylic acids is 1. The minimum atomic E-state index is -0.303. The first kappa shape index (κ1) is 18.2. The number of amides is 1. The molecule has 1 atom stereocenters. The number of H-pyrrole nitrogens is 1. The molecule has 0 aromatic carbocycles. The van der Waals surface area contributed by atoms with Crippen LogP contribution in [0.5, 0.6) is 5.75 Å². The summed E-state index contributed by atoms with van der Waals surface area (Å²) in [4.78, 5) is 27.6. The monoisotopic (exact) mass is 364 g/mol. The van der Waals surface area contributed by atoms with Gasteiger partial charge in [-0.2, -0.15) is 0 Å². The lowest BCUT2D eigenvalue weighted by Crippen LogP contribution is -2.32. The Morgan fingerprint density at radius 1 is 1.44 bits per heavy atom. The topological polar surface area (TPSA) is 119 Å². The van der Waals surface area contributed by atoms with E-state index in [9.17, 15) is 4.79 Å². The van der Waals surface area contributed by atoms with Crippen molar-refractivity contribution in [3.8, 4) is 17.6 Å². The minimum absolute atomic E-state index is 0.171. The van der Waals surface area contributed by atoms with Crippen LogP contribution in [0.1, 0.15) is 36.5 Å². The van der Waals surface area contributed by atoms with E-state index in [1.807, 2.05) is 19.9 Å². The number of aromatic nitrogens is 4. The van der Waals surface area contributed by atoms with E-state index in [1.54, 1.807) is 18.5 Å². The Kier molecular flexibility index (Phi) is 5.52. The van der Waals surface area contributed by atoms with Crippen molar-refractivity contribution in [3.63, 3.8) is 0 Å². The largest absolute Gasteiger partial charge is 0.490 e. The van der Waals surface area contributed by atoms with E-state index in [4.69, 9.17) is 10.5 Å². The zero-order valence-corrected chi connectivity index (χ0v) is 15.1. The van der Waals surface area contributed by atoms with E-state index in [-0.39, 0.29) is 17.8 Å². The smallest absolute Gasteiger partial charge is 0.287 e. The van der Waals surface area contributed by atoms with Crippen LogP contribution in [0.4, 0.5) is 5.69 Å². The average molecular weight is 364 g/mol. The number of nitrogens with one attached hydrogen (secondary N) is 2. The predicted molar refractivity (Wildman–Crippen MR) is 102 cm³/mol. The van der Waals surface area contributed by atoms with E-state index in [0.29, 0.717) is 41.2 Å². The number of aromatic amines is 1. The highest BCUT2D eigenvalue weighted by Crippen LogP contribution is 2.24. The number of anilines is 1. The third-order valence-electron chi connectivity index (χ3n) is 3.69. The van der Waals surface area contributed by atoms with Gasteiger partial charge >= 0.3 is 0 Å². The first-order valence-electron chi connectivity index (χ1n) is 8.55. The number of hydrogen-bond donors (Lipinski definition) is 3. The van der Waals surface area contributed by atoms with Gasteiger partial charge in [0.1, 0.15) is 0 Å². The zero-order valence-electron chi connectivity index (χ0n) is 15.1. The molecule has 8 heteroatoms. The molecule has 138 valence electrons. The number of carbonyl (C=O) groups is 1. The molecule has 3 heterocycles. The highest BCUT2D eigenvalue weighted by Gasteiger charge is 2.14. The van der Waals surface area contributed by atoms with Gasteiger partial charge in [0.05, 0.1) is 29.6 Å². The van der Waals surface area contributed by atoms with Crippen LogP contribution in [0.25, 0.3) is 11.2 Å². The highest BCUT2D eigenvalue weighted by molar-refractivity contribution is 5.93. The molecular weight excluding hydrogens is 344 g/mol. The Balaban J connectivity index is 1.63. The van der Waals surface area contributed by atoms with Crippen molar-refractivity contribution in [3.05, 3.63) is 42.1 Å². The van der Waals surface area contributed by atoms with E-state index in [0.717, 1.165) is 0 Å². The Bertz CT molecular complexity index is 985. The minimum Gasteiger partial charge on any atom is -0.490 e. The van der Waals surface area contributed by atoms with Crippen LogP contribution < -0.4 is 15.8 Å². The molecule has 0 aliphatic heterocycles. The van der Waals surface area contributed by atoms with Crippen molar-refractivity contribution in [2.45, 2.75) is 26.3 Å². The van der Waals surface area contributed by atoms with Crippen LogP contribution in [0, 0.1) is 11.8 Å². The molecule has 0 unspecified atom stereocenters. The fourth-order valence-electron chi connectivity index (χ4n) is 2.45. The van der Waals surface area contributed by atoms with Gasteiger partial charge < -0.3 is 20.8 Å². The summed E-state index contributed by atoms with van der Waals surface area (Å²) in [6.07, 6.45) is 5.22. The molecule has 0 aliphatic rings. The maximum absolute atomic E-state index is 12.3. The average Bonchev–Trinajstić information content (AvgIpc) is 3.09. The molecule has 3 aromatic rings. The lowest BCUT2D eigenvalue weighted by Gasteiger charge is -2.09. The van der Waals surface area contributed by atoms with Gasteiger partial charge in [-0.05, 0) is 26.0 Å². The lowest BCUT2D eigenvalue weighted by molar-refractivity contribution is 0.0931. The first-order chi connectivity index (χ1) is 13.1. The summed E-state index contributed by atoms with van der Waals surface area (Å²) in [6, 6.07) is 3.43. The van der Waals surface area contributed by atoms with E-state index < -0.39 is 0 Å². The van der Waals surface area contributed by atoms with Gasteiger partial charge in [0.2, 0.25) is 0 Å². The van der Waals surface area contributed by atoms with Gasteiger partial charge in [0.15, 0.2) is 17.2 Å². The van der Waals surface area contributed by atoms with E-state index in [2.05, 4.69) is 37.1 Å². The summed E-state index contributed by atoms with van der Waals surface area (Å²) in [7, 11) is 0. The quantitative estimate of drug-likeness (QED) is 0.595. The predicted octanol–water partition coefficient (Wildman–Crippen LogP) is 1.89. The number of rotatable bonds is 5. The van der Waals surface area contributed by atoms with Gasteiger partial charge in [-0.3, -0.25) is 9.78 Å². The number of nitrogen functional groups attached to an aromatic ring is 1. The fourth-order valence-corrected chi connectivity index (χ4v) is 2.45. The van der Waals surface area contributed by atoms with Crippen molar-refractivity contribution >= 4 is 22.8 Å². The van der Waals surface area contributed by atoms with E-state index >= 15 is 0 Å². The standard InChI is InChI=1S/C19H20N6O2/c1-3-27-16-13(10-21-11-14(16)20)7-4-6-12(2)23-19(26)18-24-15-8-5-9-22-17(15)25-18/h5,8-12H,3,6,20H2,1-2H3,(H,23,26)(H,22,24,25)/t12-/m0/s1. The Morgan fingerprint density at radius 2 is 2.30 bits per heavy atom. The molecular formula is C19H20N6O2. The molecule has 0 saturated heterocycles. The van der Waals surface area contributed by atoms with Crippen molar-refractivity contribution in [2.24, 2.45) is 0 Å². The molecule has 8 nitrogen and oxygen atoms in total. The molecule has 0 aliphatic carbocycles. The lowest BCUT2D eigenvalue weighted by atomic mass is 10.2. The normalized spacial score (nSPS) is 11.5. The van der Waals surface area contributed by atoms with Gasteiger partial charge in [0.25, 0.3) is 5.91 Å². The number of fused-ring (bicyclic) bond motifs is 1. The third kappa shape index (κ3) is 4.33. The second-order valence-corrected chi connectivity index (χ2v) is 5.88. The zero-order chi connectivity index (χ0) is 19.2. The molecule has 4 N–H and O–H groups in total. The van der Waals surface area contributed by atoms with Crippen LogP contribution in [0.2, 0.25) is 0 Å². The summed E-state index contributed by atoms with van der Waals surface area (Å²) in [6.45, 7) is 4.23. The number of imidazole rings is 1. The maximum Gasteiger partial charge on any atom is 0.287 e. The number of pyridine rings is 2. The number of hydrogen-bond acceptors (Lipinski definition) is 6. The Labute approximate surface area is 156 Å². The van der Waals surface area contributed by atoms with Crippen molar-refractivity contribution in [1.82, 2.24) is 25.3 Å². The Morgan fingerprint density at radius 3 is 3.07 bits per heavy atom. The van der Waals surface area contributed by atoms with Crippen molar-refractivity contribution in [1.29, 1.82) is 0 Å². The molecule has 1 amide bonds. The van der Waals surface area contributed by atoms with Crippen LogP contribution in [-0.2, 0) is 0 Å². The fraction of sp³-hybridized carbons (Fsp3) is 0.263. The van der Waals surface area contributed by atoms with Crippen molar-refractivity contribution < 1.29 is 9.53 Å². The molecule has 0 bridgehead atoms. The molecule has 0 radical (unpaired) electrons. The first-order valence-corrected chi connectivity index (χ1v) is 8.55. The molecule has 3 rings (SSSR count). The van der Waals surface area contributed by atoms with Crippen LogP contribution in [-0.4, -0.2) is 38.5 Å². The SMILES string of the molecule is CCOc1c(N)cncc1C#CC[C@H](C)NC(=O)c1nc2ncccc2[nH]1. The summed E-state index contributed by atoms with van der Waals surface area (Å²) in [5.74, 6) is 6.48. The van der Waals surface area contributed by atoms with Crippen LogP contribution in [0.15, 0.2) is 30.7 Å². The van der Waals surface area contributed by atoms with Gasteiger partial charge in [-0.25, -0.2) is 9.97 Å². The summed E-state index contributed by atoms with van der Waals surface area (Å²) >= 11 is 0. The number of nitrogens with zero attached hydrogens (tertiary/aromatic N) is 3. The third-order valence-corrected chi connectivity index (χ3v) is 3.69. The maximum atomic E-state index is 12.3. The van der Waals surface area contributed by atoms with E-state index in [1.165, 1.54) is 6.20 Å². The molecule has 0 spiro atoms. The number of nitrogens with two attached hydrogens (primary N) is 1. The molecule has 0 saturated carbocycles. The van der Waals surface area contributed by atoms with Crippen LogP contribution in [0.3, 0.4) is 0 Å². The molecule has 3 aromatic heterocycles. The Hall–Kier alpha value is -3.60. The van der Waals surface area contributed by atoms with Crippen molar-refractivity contribution in [2.75, 3.05) is 12.3 Å². The molecule has 0 fully saturated rings. The molecule has 27 heavy (non-hydrogen) atoms. The van der Waals surface area contributed by atoms with Gasteiger partial charge in [0, 0.05) is 24.9 Å². The number of ether oxygens (including phenoxy) is 1. The summed E-state index contributed by atoms with van der Waals surface area (Å²) in [5.41, 5.74) is 8.17. The second kappa shape index (κ2) is 8.19. The van der Waals surface area contributed by atoms with Crippen LogP contribution >= 0.6 is 0 Å².